The molecule has 26 heavy (non-hydrogen) atoms. The van der Waals surface area contributed by atoms with Gasteiger partial charge >= 0.3 is 0 Å². The Balaban J connectivity index is 1.70. The molecule has 0 aliphatic heterocycles. The van der Waals surface area contributed by atoms with Crippen LogP contribution < -0.4 is 4.57 Å². The second-order valence-electron chi connectivity index (χ2n) is 7.38. The molecule has 1 fully saturated rings. The molecule has 1 aliphatic carbocycles. The topological polar surface area (TPSA) is 29.1 Å². The van der Waals surface area contributed by atoms with Crippen molar-refractivity contribution in [3.63, 3.8) is 0 Å². The summed E-state index contributed by atoms with van der Waals surface area (Å²) in [5.41, 5.74) is 3.69. The molecule has 2 aromatic carbocycles. The third-order valence-electron chi connectivity index (χ3n) is 5.55. The summed E-state index contributed by atoms with van der Waals surface area (Å²) in [6, 6.07) is 15.1. The van der Waals surface area contributed by atoms with Gasteiger partial charge in [0.1, 0.15) is 5.69 Å². The molecule has 0 N–H and O–H groups in total. The van der Waals surface area contributed by atoms with E-state index in [1.54, 1.807) is 0 Å². The molecule has 0 saturated heterocycles. The van der Waals surface area contributed by atoms with Crippen molar-refractivity contribution in [2.24, 2.45) is 18.0 Å². The number of hydrogen-bond acceptors (Lipinski definition) is 2. The van der Waals surface area contributed by atoms with Crippen LogP contribution in [0.5, 0.6) is 0 Å². The van der Waals surface area contributed by atoms with E-state index in [4.69, 9.17) is 4.99 Å². The number of aromatic nitrogens is 2. The monoisotopic (exact) mass is 344 g/mol. The van der Waals surface area contributed by atoms with E-state index in [0.29, 0.717) is 5.92 Å². The molecule has 1 aliphatic rings. The summed E-state index contributed by atoms with van der Waals surface area (Å²) in [6.07, 6.45) is 10.6. The Labute approximate surface area is 155 Å². The first-order valence-corrected chi connectivity index (χ1v) is 9.61. The van der Waals surface area contributed by atoms with E-state index in [-0.39, 0.29) is 0 Å². The number of benzene rings is 2. The van der Waals surface area contributed by atoms with Crippen LogP contribution in [0.2, 0.25) is 0 Å². The average molecular weight is 344 g/mol. The molecule has 1 saturated carbocycles. The number of rotatable bonds is 3. The van der Waals surface area contributed by atoms with Gasteiger partial charge in [0.2, 0.25) is 0 Å². The van der Waals surface area contributed by atoms with E-state index in [1.807, 2.05) is 13.4 Å². The number of hydrogen-bond donors (Lipinski definition) is 0. The smallest absolute Gasteiger partial charge is 0.232 e. The molecule has 0 unspecified atom stereocenters. The highest BCUT2D eigenvalue weighted by Gasteiger charge is 2.15. The summed E-state index contributed by atoms with van der Waals surface area (Å²) in [5.74, 6) is 1.42. The first kappa shape index (κ1) is 16.9. The van der Waals surface area contributed by atoms with Gasteiger partial charge in [-0.15, -0.1) is 0 Å². The fraction of sp³-hybridized carbons (Fsp3) is 0.348. The van der Waals surface area contributed by atoms with Crippen molar-refractivity contribution in [2.45, 2.75) is 39.0 Å². The van der Waals surface area contributed by atoms with Gasteiger partial charge in [0.15, 0.2) is 0 Å². The predicted octanol–water partition coefficient (Wildman–Crippen LogP) is 5.32. The second kappa shape index (κ2) is 7.36. The van der Waals surface area contributed by atoms with Gasteiger partial charge < -0.3 is 0 Å². The minimum atomic E-state index is 0.616. The lowest BCUT2D eigenvalue weighted by atomic mass is 9.90. The minimum Gasteiger partial charge on any atom is -0.232 e. The summed E-state index contributed by atoms with van der Waals surface area (Å²) in [7, 11) is 2.05. The zero-order valence-electron chi connectivity index (χ0n) is 15.7. The molecule has 0 radical (unpaired) electrons. The van der Waals surface area contributed by atoms with Crippen LogP contribution >= 0.6 is 0 Å². The predicted molar refractivity (Wildman–Crippen MR) is 108 cm³/mol. The Morgan fingerprint density at radius 3 is 2.73 bits per heavy atom. The maximum absolute atomic E-state index is 4.70. The van der Waals surface area contributed by atoms with Crippen molar-refractivity contribution in [1.82, 2.24) is 4.98 Å². The SMILES string of the molecule is Cc1c(-c2cc(N=CC3CCCCC3)nc[n+]2C)ccc2ccccc12. The van der Waals surface area contributed by atoms with Gasteiger partial charge in [-0.2, -0.15) is 0 Å². The lowest BCUT2D eigenvalue weighted by Gasteiger charge is -2.16. The maximum atomic E-state index is 4.70. The molecule has 1 aromatic heterocycles. The molecule has 3 aromatic rings. The zero-order valence-corrected chi connectivity index (χ0v) is 15.7. The van der Waals surface area contributed by atoms with Gasteiger partial charge in [0.05, 0.1) is 13.1 Å². The third-order valence-corrected chi connectivity index (χ3v) is 5.55. The Hall–Kier alpha value is -2.55. The van der Waals surface area contributed by atoms with Crippen LogP contribution in [-0.2, 0) is 7.05 Å². The molecule has 0 atom stereocenters. The largest absolute Gasteiger partial charge is 0.289 e. The van der Waals surface area contributed by atoms with E-state index < -0.39 is 0 Å². The van der Waals surface area contributed by atoms with E-state index >= 15 is 0 Å². The van der Waals surface area contributed by atoms with Gasteiger partial charge in [-0.05, 0) is 53.1 Å². The average Bonchev–Trinajstić information content (AvgIpc) is 2.69. The third kappa shape index (κ3) is 3.39. The standard InChI is InChI=1S/C23H26N3/c1-17-20-11-7-6-10-19(20)12-13-21(17)22-14-23(25-16-26(22)2)24-15-18-8-4-3-5-9-18/h6-7,10-16,18H,3-5,8-9H2,1-2H3/q+1. The molecule has 0 spiro atoms. The van der Waals surface area contributed by atoms with Crippen LogP contribution in [0.1, 0.15) is 37.7 Å². The number of nitrogens with zero attached hydrogens (tertiary/aromatic N) is 3. The van der Waals surface area contributed by atoms with Crippen LogP contribution in [0.25, 0.3) is 22.0 Å². The summed E-state index contributed by atoms with van der Waals surface area (Å²) in [5, 5.41) is 2.58. The summed E-state index contributed by atoms with van der Waals surface area (Å²) in [4.78, 5) is 9.21. The highest BCUT2D eigenvalue weighted by Crippen LogP contribution is 2.29. The van der Waals surface area contributed by atoms with E-state index in [2.05, 4.69) is 65.2 Å². The van der Waals surface area contributed by atoms with Gasteiger partial charge in [0, 0.05) is 11.8 Å². The van der Waals surface area contributed by atoms with Crippen molar-refractivity contribution in [3.05, 3.63) is 54.4 Å². The minimum absolute atomic E-state index is 0.616. The van der Waals surface area contributed by atoms with Crippen LogP contribution in [0.15, 0.2) is 53.8 Å². The first-order chi connectivity index (χ1) is 12.7. The van der Waals surface area contributed by atoms with E-state index in [0.717, 1.165) is 11.5 Å². The summed E-state index contributed by atoms with van der Waals surface area (Å²) >= 11 is 0. The molecular formula is C23H26N3+. The van der Waals surface area contributed by atoms with Crippen molar-refractivity contribution in [3.8, 4) is 11.3 Å². The normalized spacial score (nSPS) is 15.8. The van der Waals surface area contributed by atoms with Gasteiger partial charge in [-0.1, -0.05) is 49.6 Å². The van der Waals surface area contributed by atoms with Crippen LogP contribution in [0, 0.1) is 12.8 Å². The van der Waals surface area contributed by atoms with Crippen molar-refractivity contribution >= 4 is 22.8 Å². The van der Waals surface area contributed by atoms with Gasteiger partial charge in [-0.25, -0.2) is 9.56 Å². The van der Waals surface area contributed by atoms with Gasteiger partial charge in [-0.3, -0.25) is 0 Å². The van der Waals surface area contributed by atoms with Gasteiger partial charge in [0.25, 0.3) is 12.1 Å². The van der Waals surface area contributed by atoms with E-state index in [9.17, 15) is 0 Å². The zero-order chi connectivity index (χ0) is 17.9. The molecule has 0 bridgehead atoms. The lowest BCUT2D eigenvalue weighted by Crippen LogP contribution is -2.31. The molecule has 1 heterocycles. The van der Waals surface area contributed by atoms with Crippen molar-refractivity contribution in [1.29, 1.82) is 0 Å². The number of fused-ring (bicyclic) bond motifs is 1. The first-order valence-electron chi connectivity index (χ1n) is 9.61. The highest BCUT2D eigenvalue weighted by molar-refractivity contribution is 5.90. The molecule has 4 rings (SSSR count). The van der Waals surface area contributed by atoms with Crippen molar-refractivity contribution < 1.29 is 4.57 Å². The molecule has 0 amide bonds. The fourth-order valence-electron chi connectivity index (χ4n) is 3.98. The molecule has 132 valence electrons. The number of aliphatic imine (C=N–C) groups is 1. The summed E-state index contributed by atoms with van der Waals surface area (Å²) < 4.78 is 2.08. The lowest BCUT2D eigenvalue weighted by molar-refractivity contribution is -0.663. The van der Waals surface area contributed by atoms with E-state index in [1.165, 1.54) is 54.0 Å². The fourth-order valence-corrected chi connectivity index (χ4v) is 3.98. The Morgan fingerprint density at radius 1 is 1.08 bits per heavy atom. The maximum Gasteiger partial charge on any atom is 0.289 e. The Kier molecular flexibility index (Phi) is 4.79. The van der Waals surface area contributed by atoms with Crippen LogP contribution in [0.4, 0.5) is 5.82 Å². The van der Waals surface area contributed by atoms with Crippen LogP contribution in [-0.4, -0.2) is 11.2 Å². The second-order valence-corrected chi connectivity index (χ2v) is 7.38. The highest BCUT2D eigenvalue weighted by atomic mass is 15.0. The Bertz CT molecular complexity index is 953. The molecule has 3 nitrogen and oxygen atoms in total. The Morgan fingerprint density at radius 2 is 1.88 bits per heavy atom. The van der Waals surface area contributed by atoms with Crippen LogP contribution in [0.3, 0.4) is 0 Å². The molecule has 3 heteroatoms. The molecular weight excluding hydrogens is 318 g/mol. The summed E-state index contributed by atoms with van der Waals surface area (Å²) in [6.45, 7) is 2.20. The number of aryl methyl sites for hydroxylation is 2. The quantitative estimate of drug-likeness (QED) is 0.467. The van der Waals surface area contributed by atoms with Crippen molar-refractivity contribution in [2.75, 3.05) is 0 Å².